The van der Waals surface area contributed by atoms with Gasteiger partial charge < -0.3 is 5.11 Å². The van der Waals surface area contributed by atoms with E-state index < -0.39 is 0 Å². The van der Waals surface area contributed by atoms with Crippen LogP contribution in [0.3, 0.4) is 0 Å². The molecule has 8 aromatic carbocycles. The summed E-state index contributed by atoms with van der Waals surface area (Å²) in [6.45, 7) is 11.6. The minimum Gasteiger partial charge on any atom is -0.507 e. The van der Waals surface area contributed by atoms with E-state index in [4.69, 9.17) is 9.97 Å². The van der Waals surface area contributed by atoms with Crippen LogP contribution in [-0.2, 0) is 26.5 Å². The molecule has 0 aliphatic heterocycles. The molecule has 10 rings (SSSR count). The average molecular weight is 1040 g/mol. The second kappa shape index (κ2) is 18.0. The topological polar surface area (TPSA) is 50.9 Å². The summed E-state index contributed by atoms with van der Waals surface area (Å²) in [4.78, 5) is 10.4. The molecular formula is C61H50N3OPt-. The van der Waals surface area contributed by atoms with Gasteiger partial charge in [-0.2, -0.15) is 0 Å². The Kier molecular flexibility index (Phi) is 12.0. The van der Waals surface area contributed by atoms with E-state index in [1.807, 2.05) is 36.5 Å². The van der Waals surface area contributed by atoms with E-state index >= 15 is 0 Å². The van der Waals surface area contributed by atoms with Gasteiger partial charge in [0, 0.05) is 38.5 Å². The first-order valence-corrected chi connectivity index (χ1v) is 22.3. The third kappa shape index (κ3) is 8.34. The van der Waals surface area contributed by atoms with Gasteiger partial charge in [0.15, 0.2) is 0 Å². The van der Waals surface area contributed by atoms with E-state index in [-0.39, 0.29) is 37.6 Å². The van der Waals surface area contributed by atoms with Crippen LogP contribution in [0.5, 0.6) is 5.75 Å². The van der Waals surface area contributed by atoms with Crippen molar-refractivity contribution in [2.75, 3.05) is 0 Å². The van der Waals surface area contributed by atoms with Crippen LogP contribution in [0, 0.1) is 11.5 Å². The quantitative estimate of drug-likeness (QED) is 0.147. The summed E-state index contributed by atoms with van der Waals surface area (Å²) in [5, 5.41) is 11.5. The number of hydrogen-bond donors (Lipinski definition) is 1. The third-order valence-electron chi connectivity index (χ3n) is 13.4. The number of hydrogen-bond acceptors (Lipinski definition) is 3. The number of rotatable bonds is 9. The molecule has 66 heavy (non-hydrogen) atoms. The van der Waals surface area contributed by atoms with Gasteiger partial charge in [-0.05, 0) is 86.2 Å². The minimum absolute atomic E-state index is 0. The Morgan fingerprint density at radius 2 is 1.03 bits per heavy atom. The maximum Gasteiger partial charge on any atom is 0.148 e. The van der Waals surface area contributed by atoms with Gasteiger partial charge in [0.05, 0.1) is 22.3 Å². The molecule has 0 saturated heterocycles. The molecule has 0 bridgehead atoms. The van der Waals surface area contributed by atoms with E-state index in [2.05, 4.69) is 209 Å². The molecule has 4 nitrogen and oxygen atoms in total. The fourth-order valence-electron chi connectivity index (χ4n) is 8.70. The Bertz CT molecular complexity index is 3310. The van der Waals surface area contributed by atoms with Crippen LogP contribution in [0.2, 0.25) is 0 Å². The maximum atomic E-state index is 11.5. The Morgan fingerprint density at radius 3 is 1.68 bits per heavy atom. The maximum absolute atomic E-state index is 11.5. The SMILES string of the molecule is CC(C)(C)C(C)(C)c1ccc(-n2c(-c3ccccc3O)nc3c(-c4[c-]c(-c5cc(-c6ccc(-c7ccccc7)cc6)ccn5)cc(-c5ccccc5)c4)cccc32)c(-c2ccccc2)c1.[Pt]. The first-order valence-electron chi connectivity index (χ1n) is 22.3. The number of aromatic nitrogens is 3. The monoisotopic (exact) mass is 1040 g/mol. The van der Waals surface area contributed by atoms with Crippen LogP contribution >= 0.6 is 0 Å². The van der Waals surface area contributed by atoms with Crippen molar-refractivity contribution in [1.29, 1.82) is 0 Å². The molecule has 0 fully saturated rings. The Hall–Kier alpha value is -7.13. The number of para-hydroxylation sites is 2. The number of benzene rings is 8. The number of phenolic OH excluding ortho intramolecular Hbond substituents is 1. The van der Waals surface area contributed by atoms with Gasteiger partial charge in [-0.15, -0.1) is 23.8 Å². The summed E-state index contributed by atoms with van der Waals surface area (Å²) in [5.41, 5.74) is 16.9. The van der Waals surface area contributed by atoms with Crippen LogP contribution in [0.25, 0.3) is 95.0 Å². The molecule has 2 heterocycles. The van der Waals surface area contributed by atoms with Crippen molar-refractivity contribution in [2.45, 2.75) is 40.0 Å². The van der Waals surface area contributed by atoms with Gasteiger partial charge in [-0.1, -0.05) is 203 Å². The van der Waals surface area contributed by atoms with E-state index in [0.717, 1.165) is 72.5 Å². The molecule has 0 aliphatic rings. The first kappa shape index (κ1) is 44.1. The molecule has 10 aromatic rings. The molecule has 5 heteroatoms. The van der Waals surface area contributed by atoms with Crippen LogP contribution in [-0.4, -0.2) is 19.6 Å². The zero-order chi connectivity index (χ0) is 44.7. The fourth-order valence-corrected chi connectivity index (χ4v) is 8.70. The third-order valence-corrected chi connectivity index (χ3v) is 13.4. The first-order chi connectivity index (χ1) is 31.5. The molecule has 1 N–H and O–H groups in total. The largest absolute Gasteiger partial charge is 0.507 e. The number of imidazole rings is 1. The van der Waals surface area contributed by atoms with Crippen molar-refractivity contribution in [3.05, 3.63) is 218 Å². The van der Waals surface area contributed by atoms with E-state index in [0.29, 0.717) is 11.4 Å². The minimum atomic E-state index is -0.127. The summed E-state index contributed by atoms with van der Waals surface area (Å²) >= 11 is 0. The standard InChI is InChI=1S/C61H50N3O.Pt/c1-60(2,3)61(4,5)50-32-33-55(53(40-50)45-22-13-8-14-23-45)64-56-26-17-25-51(58(56)63-59(64)52-24-15-16-27-57(52)65)48-36-47(42-20-11-7-12-21-42)37-49(38-48)54-39-46(34-35-62-54)44-30-28-43(29-31-44)41-18-9-6-10-19-41;/h6-37,39-40,65H,1-5H3;/q-1;. The van der Waals surface area contributed by atoms with Crippen LogP contribution in [0.1, 0.15) is 40.2 Å². The van der Waals surface area contributed by atoms with Crippen molar-refractivity contribution in [1.82, 2.24) is 14.5 Å². The zero-order valence-corrected chi connectivity index (χ0v) is 40.0. The summed E-state index contributed by atoms with van der Waals surface area (Å²) in [6.07, 6.45) is 1.89. The molecule has 0 aliphatic carbocycles. The molecule has 0 saturated carbocycles. The molecular weight excluding hydrogens is 986 g/mol. The summed E-state index contributed by atoms with van der Waals surface area (Å²) in [7, 11) is 0. The summed E-state index contributed by atoms with van der Waals surface area (Å²) < 4.78 is 2.22. The summed E-state index contributed by atoms with van der Waals surface area (Å²) in [5.74, 6) is 0.815. The number of aromatic hydroxyl groups is 1. The van der Waals surface area contributed by atoms with Gasteiger partial charge >= 0.3 is 0 Å². The molecule has 0 radical (unpaired) electrons. The van der Waals surface area contributed by atoms with Crippen molar-refractivity contribution in [2.24, 2.45) is 5.41 Å². The van der Waals surface area contributed by atoms with E-state index in [9.17, 15) is 5.11 Å². The molecule has 2 aromatic heterocycles. The Balaban J connectivity index is 0.00000548. The molecule has 0 spiro atoms. The molecule has 0 atom stereocenters. The predicted molar refractivity (Wildman–Crippen MR) is 270 cm³/mol. The zero-order valence-electron chi connectivity index (χ0n) is 37.7. The normalized spacial score (nSPS) is 11.7. The molecule has 326 valence electrons. The van der Waals surface area contributed by atoms with Gasteiger partial charge in [0.1, 0.15) is 11.6 Å². The van der Waals surface area contributed by atoms with E-state index in [1.54, 1.807) is 6.07 Å². The van der Waals surface area contributed by atoms with Crippen molar-refractivity contribution < 1.29 is 26.2 Å². The fraction of sp³-hybridized carbons (Fsp3) is 0.115. The predicted octanol–water partition coefficient (Wildman–Crippen LogP) is 15.9. The summed E-state index contributed by atoms with van der Waals surface area (Å²) in [6, 6.07) is 73.3. The Morgan fingerprint density at radius 1 is 0.470 bits per heavy atom. The second-order valence-corrected chi connectivity index (χ2v) is 18.4. The molecule has 0 unspecified atom stereocenters. The number of phenols is 1. The van der Waals surface area contributed by atoms with Gasteiger partial charge in [0.2, 0.25) is 0 Å². The van der Waals surface area contributed by atoms with Gasteiger partial charge in [0.25, 0.3) is 0 Å². The van der Waals surface area contributed by atoms with Gasteiger partial charge in [-0.25, -0.2) is 4.98 Å². The van der Waals surface area contributed by atoms with Crippen LogP contribution in [0.15, 0.2) is 206 Å². The van der Waals surface area contributed by atoms with Crippen molar-refractivity contribution in [3.63, 3.8) is 0 Å². The number of fused-ring (bicyclic) bond motifs is 1. The Labute approximate surface area is 402 Å². The van der Waals surface area contributed by atoms with Crippen molar-refractivity contribution >= 4 is 11.0 Å². The smallest absolute Gasteiger partial charge is 0.148 e. The average Bonchev–Trinajstić information content (AvgIpc) is 3.74. The van der Waals surface area contributed by atoms with E-state index in [1.165, 1.54) is 16.7 Å². The second-order valence-electron chi connectivity index (χ2n) is 18.4. The number of pyridine rings is 1. The van der Waals surface area contributed by atoms with Crippen molar-refractivity contribution in [3.8, 4) is 89.7 Å². The number of nitrogens with zero attached hydrogens (tertiary/aromatic N) is 3. The van der Waals surface area contributed by atoms with Crippen LogP contribution < -0.4 is 0 Å². The molecule has 0 amide bonds. The van der Waals surface area contributed by atoms with Crippen LogP contribution in [0.4, 0.5) is 0 Å². The van der Waals surface area contributed by atoms with Gasteiger partial charge in [-0.3, -0.25) is 9.55 Å².